The summed E-state index contributed by atoms with van der Waals surface area (Å²) in [5.74, 6) is 0.464. The molecule has 0 bridgehead atoms. The van der Waals surface area contributed by atoms with Gasteiger partial charge in [0.2, 0.25) is 5.76 Å². The van der Waals surface area contributed by atoms with Gasteiger partial charge >= 0.3 is 6.18 Å². The van der Waals surface area contributed by atoms with E-state index in [9.17, 15) is 23.4 Å². The predicted octanol–water partition coefficient (Wildman–Crippen LogP) is 11.7. The van der Waals surface area contributed by atoms with Gasteiger partial charge in [-0.1, -0.05) is 0 Å². The van der Waals surface area contributed by atoms with Crippen LogP contribution in [0.3, 0.4) is 0 Å². The van der Waals surface area contributed by atoms with Gasteiger partial charge < -0.3 is 29.9 Å². The molecule has 7 rings (SSSR count). The maximum Gasteiger partial charge on any atom is 0.448 e. The van der Waals surface area contributed by atoms with Crippen LogP contribution in [0.25, 0.3) is 65.2 Å². The van der Waals surface area contributed by atoms with Crippen molar-refractivity contribution in [3.63, 3.8) is 0 Å². The van der Waals surface area contributed by atoms with Gasteiger partial charge in [0, 0.05) is 70.0 Å². The molecular weight excluding hydrogens is 888 g/mol. The van der Waals surface area contributed by atoms with Crippen LogP contribution in [0.5, 0.6) is 11.5 Å². The fraction of sp³-hybridized carbons (Fsp3) is 0.167. The molecule has 0 spiro atoms. The van der Waals surface area contributed by atoms with Gasteiger partial charge in [-0.3, -0.25) is 0 Å². The van der Waals surface area contributed by atoms with Crippen molar-refractivity contribution in [2.45, 2.75) is 26.9 Å². The molecular formula is C36H31Co2F3N4O6S4. The van der Waals surface area contributed by atoms with Gasteiger partial charge in [-0.2, -0.15) is 13.2 Å². The molecule has 0 aliphatic heterocycles. The third kappa shape index (κ3) is 12.4. The van der Waals surface area contributed by atoms with E-state index in [0.717, 1.165) is 67.5 Å². The number of aliphatic hydroxyl groups excluding tert-OH is 4. The number of ether oxygens (including phenoxy) is 2. The van der Waals surface area contributed by atoms with E-state index < -0.39 is 11.9 Å². The minimum absolute atomic E-state index is 0. The van der Waals surface area contributed by atoms with Crippen LogP contribution in [0.2, 0.25) is 0 Å². The van der Waals surface area contributed by atoms with E-state index in [0.29, 0.717) is 17.3 Å². The molecule has 19 heteroatoms. The molecule has 294 valence electrons. The molecule has 0 unspecified atom stereocenters. The summed E-state index contributed by atoms with van der Waals surface area (Å²) >= 11 is 5.63. The van der Waals surface area contributed by atoms with Crippen LogP contribution in [0.1, 0.15) is 40.8 Å². The summed E-state index contributed by atoms with van der Waals surface area (Å²) in [4.78, 5) is 17.3. The molecule has 0 atom stereocenters. The van der Waals surface area contributed by atoms with Gasteiger partial charge in [0.05, 0.1) is 72.4 Å². The van der Waals surface area contributed by atoms with Gasteiger partial charge in [-0.15, -0.1) is 45.3 Å². The van der Waals surface area contributed by atoms with Crippen molar-refractivity contribution >= 4 is 111 Å². The summed E-state index contributed by atoms with van der Waals surface area (Å²) in [7, 11) is 3.12. The average molecular weight is 919 g/mol. The van der Waals surface area contributed by atoms with Gasteiger partial charge in [0.15, 0.2) is 0 Å². The number of allylic oxidation sites excluding steroid dienone is 4. The van der Waals surface area contributed by atoms with E-state index in [1.807, 2.05) is 30.3 Å². The zero-order chi connectivity index (χ0) is 38.4. The zero-order valence-electron chi connectivity index (χ0n) is 29.3. The smallest absolute Gasteiger partial charge is 0.448 e. The minimum Gasteiger partial charge on any atom is -0.513 e. The van der Waals surface area contributed by atoms with Crippen molar-refractivity contribution in [2.75, 3.05) is 14.2 Å². The van der Waals surface area contributed by atoms with E-state index >= 15 is 0 Å². The summed E-state index contributed by atoms with van der Waals surface area (Å²) in [6.07, 6.45) is 0.800. The number of hydrogen-bond donors (Lipinski definition) is 4. The summed E-state index contributed by atoms with van der Waals surface area (Å²) in [6, 6.07) is 14.8. The second-order valence-electron chi connectivity index (χ2n) is 11.0. The third-order valence-electron chi connectivity index (χ3n) is 6.70. The minimum atomic E-state index is -4.75. The normalized spacial score (nSPS) is 12.4. The summed E-state index contributed by atoms with van der Waals surface area (Å²) in [5, 5.41) is 39.0. The molecule has 3 aromatic carbocycles. The number of benzene rings is 3. The maximum atomic E-state index is 12.1. The molecule has 0 aliphatic carbocycles. The van der Waals surface area contributed by atoms with Crippen molar-refractivity contribution < 1.29 is 76.6 Å². The van der Waals surface area contributed by atoms with Crippen molar-refractivity contribution in [1.82, 2.24) is 19.9 Å². The number of aromatic nitrogens is 4. The molecule has 4 aromatic heterocycles. The molecule has 2 radical (unpaired) electrons. The van der Waals surface area contributed by atoms with E-state index in [1.165, 1.54) is 29.8 Å². The largest absolute Gasteiger partial charge is 0.513 e. The molecule has 0 aliphatic rings. The van der Waals surface area contributed by atoms with E-state index in [4.69, 9.17) is 19.7 Å². The Morgan fingerprint density at radius 3 is 1.15 bits per heavy atom. The van der Waals surface area contributed by atoms with Gasteiger partial charge in [-0.05, 0) is 57.2 Å². The number of hydrogen-bond acceptors (Lipinski definition) is 14. The van der Waals surface area contributed by atoms with E-state index in [2.05, 4.69) is 19.9 Å². The fourth-order valence-corrected chi connectivity index (χ4v) is 8.26. The topological polar surface area (TPSA) is 151 Å². The predicted molar refractivity (Wildman–Crippen MR) is 211 cm³/mol. The third-order valence-corrected chi connectivity index (χ3v) is 10.6. The van der Waals surface area contributed by atoms with Gasteiger partial charge in [0.1, 0.15) is 31.5 Å². The van der Waals surface area contributed by atoms with Crippen LogP contribution in [-0.2, 0) is 33.6 Å². The number of halogens is 3. The Kier molecular flexibility index (Phi) is 16.1. The Hall–Kier alpha value is -4.22. The second-order valence-corrected chi connectivity index (χ2v) is 15.3. The molecule has 10 nitrogen and oxygen atoms in total. The van der Waals surface area contributed by atoms with Gasteiger partial charge in [0.25, 0.3) is 0 Å². The fourth-order valence-electron chi connectivity index (χ4n) is 4.47. The number of fused-ring (bicyclic) bond motifs is 4. The average Bonchev–Trinajstić information content (AvgIpc) is 3.85. The SMILES string of the molecule is C/C(O)=C/c1nc2cc3sc(/C=C(/C)O)nc3cc2s1.COc1ccc2sc(/C=C(/C)O)nc2c1.COc1ccc2sc(/C=C(\O)C(F)(F)F)nc2c1.[Co].[Co]. The molecule has 0 saturated carbocycles. The van der Waals surface area contributed by atoms with Crippen molar-refractivity contribution in [1.29, 1.82) is 0 Å². The molecule has 0 amide bonds. The van der Waals surface area contributed by atoms with Crippen LogP contribution in [0.4, 0.5) is 13.2 Å². The van der Waals surface area contributed by atoms with Crippen LogP contribution in [0, 0.1) is 0 Å². The Morgan fingerprint density at radius 1 is 0.527 bits per heavy atom. The maximum absolute atomic E-state index is 12.1. The molecule has 7 aromatic rings. The molecule has 0 fully saturated rings. The quantitative estimate of drug-likeness (QED) is 0.119. The molecule has 55 heavy (non-hydrogen) atoms. The van der Waals surface area contributed by atoms with Crippen molar-refractivity contribution in [3.05, 3.63) is 91.6 Å². The summed E-state index contributed by atoms with van der Waals surface area (Å²) < 4.78 is 50.4. The molecule has 4 N–H and O–H groups in total. The Bertz CT molecular complexity index is 2410. The Labute approximate surface area is 349 Å². The zero-order valence-corrected chi connectivity index (χ0v) is 34.6. The van der Waals surface area contributed by atoms with Crippen LogP contribution >= 0.6 is 45.3 Å². The van der Waals surface area contributed by atoms with Crippen LogP contribution in [-0.4, -0.2) is 60.8 Å². The number of methoxy groups -OCH3 is 2. The van der Waals surface area contributed by atoms with Crippen LogP contribution in [0.15, 0.2) is 71.6 Å². The Balaban J connectivity index is 0.000000220. The summed E-state index contributed by atoms with van der Waals surface area (Å²) in [5.41, 5.74) is 3.22. The first-order chi connectivity index (χ1) is 25.1. The number of nitrogens with zero attached hydrogens (tertiary/aromatic N) is 4. The molecule has 4 heterocycles. The summed E-state index contributed by atoms with van der Waals surface area (Å²) in [6.45, 7) is 4.89. The Morgan fingerprint density at radius 2 is 0.836 bits per heavy atom. The number of rotatable bonds is 6. The first kappa shape index (κ1) is 45.2. The van der Waals surface area contributed by atoms with E-state index in [-0.39, 0.29) is 55.8 Å². The monoisotopic (exact) mass is 918 g/mol. The standard InChI is InChI=1S/C14H12N2O2S2.C11H8F3NO2S.C11H11NO2S.2Co/c1-7(17)3-13-15-9-5-12-10(6-11(9)19-13)16-14(20-12)4-8(2)18;1-17-6-2-3-8-7(4-6)15-10(18-8)5-9(16)11(12,13)14;1-7(13)5-11-12-9-6-8(14-2)3-4-10(9)15-11;;/h3-6,17-18H,1-2H3;2-5,16H,1H3;3-6,13H,1-2H3;;/b7-3-,8-4-;9-5-;7-5-;;. The number of aliphatic hydroxyl groups is 4. The first-order valence-electron chi connectivity index (χ1n) is 15.3. The first-order valence-corrected chi connectivity index (χ1v) is 18.6. The van der Waals surface area contributed by atoms with Crippen LogP contribution < -0.4 is 9.47 Å². The van der Waals surface area contributed by atoms with Crippen molar-refractivity contribution in [2.24, 2.45) is 0 Å². The van der Waals surface area contributed by atoms with Crippen molar-refractivity contribution in [3.8, 4) is 11.5 Å². The number of thiazole rings is 4. The second kappa shape index (κ2) is 19.6. The van der Waals surface area contributed by atoms with Gasteiger partial charge in [-0.25, -0.2) is 19.9 Å². The van der Waals surface area contributed by atoms with E-state index in [1.54, 1.807) is 75.6 Å². The number of alkyl halides is 3. The molecule has 0 saturated heterocycles.